The maximum Gasteiger partial charge on any atom is 0.229 e. The van der Waals surface area contributed by atoms with Crippen LogP contribution in [-0.4, -0.2) is 48.1 Å². The van der Waals surface area contributed by atoms with Gasteiger partial charge in [0.05, 0.1) is 6.20 Å². The van der Waals surface area contributed by atoms with E-state index in [1.165, 1.54) is 11.3 Å². The Kier molecular flexibility index (Phi) is 6.53. The number of likely N-dealkylation sites (N-methyl/N-ethyl adjacent to an activating group) is 1. The lowest BCUT2D eigenvalue weighted by atomic mass is 9.87. The van der Waals surface area contributed by atoms with Crippen molar-refractivity contribution in [2.75, 3.05) is 48.8 Å². The fourth-order valence-electron chi connectivity index (χ4n) is 3.66. The van der Waals surface area contributed by atoms with Crippen LogP contribution < -0.4 is 15.5 Å². The molecule has 2 aromatic carbocycles. The summed E-state index contributed by atoms with van der Waals surface area (Å²) in [5.41, 5.74) is 4.43. The van der Waals surface area contributed by atoms with Gasteiger partial charge in [0.2, 0.25) is 5.95 Å². The number of benzene rings is 2. The third-order valence-electron chi connectivity index (χ3n) is 5.73. The van der Waals surface area contributed by atoms with Crippen molar-refractivity contribution in [1.29, 1.82) is 0 Å². The van der Waals surface area contributed by atoms with Crippen molar-refractivity contribution in [3.05, 3.63) is 65.3 Å². The quantitative estimate of drug-likeness (QED) is 0.522. The standard InChI is InChI=1S/C25H31ClN6/c1-25(2,3)18-6-5-7-20(16-18)28-23-22(26)17-27-24(30-23)29-19-8-10-21(11-9-19)32-14-12-31(4)13-15-32/h5-11,16-17H,12-15H2,1-4H3,(H2,27,28,29,30). The van der Waals surface area contributed by atoms with Crippen LogP contribution in [0.1, 0.15) is 26.3 Å². The molecule has 2 heterocycles. The Labute approximate surface area is 195 Å². The summed E-state index contributed by atoms with van der Waals surface area (Å²) in [6.07, 6.45) is 1.62. The molecule has 168 valence electrons. The number of piperazine rings is 1. The number of rotatable bonds is 5. The first-order valence-electron chi connectivity index (χ1n) is 11.0. The van der Waals surface area contributed by atoms with E-state index in [0.717, 1.165) is 37.6 Å². The molecule has 4 rings (SSSR count). The van der Waals surface area contributed by atoms with E-state index in [4.69, 9.17) is 11.6 Å². The van der Waals surface area contributed by atoms with Gasteiger partial charge in [0, 0.05) is 43.2 Å². The lowest BCUT2D eigenvalue weighted by Crippen LogP contribution is -2.44. The SMILES string of the molecule is CN1CCN(c2ccc(Nc3ncc(Cl)c(Nc4cccc(C(C)(C)C)c4)n3)cc2)CC1. The van der Waals surface area contributed by atoms with Crippen LogP contribution >= 0.6 is 11.6 Å². The molecule has 0 radical (unpaired) electrons. The first kappa shape index (κ1) is 22.4. The van der Waals surface area contributed by atoms with Gasteiger partial charge in [0.25, 0.3) is 0 Å². The maximum atomic E-state index is 6.37. The number of nitrogens with one attached hydrogen (secondary N) is 2. The number of hydrogen-bond donors (Lipinski definition) is 2. The zero-order chi connectivity index (χ0) is 22.7. The molecule has 2 N–H and O–H groups in total. The van der Waals surface area contributed by atoms with Crippen molar-refractivity contribution in [2.45, 2.75) is 26.2 Å². The number of aromatic nitrogens is 2. The van der Waals surface area contributed by atoms with Crippen LogP contribution in [0.25, 0.3) is 0 Å². The van der Waals surface area contributed by atoms with Crippen molar-refractivity contribution < 1.29 is 0 Å². The third-order valence-corrected chi connectivity index (χ3v) is 6.00. The lowest BCUT2D eigenvalue weighted by molar-refractivity contribution is 0.313. The second-order valence-electron chi connectivity index (χ2n) is 9.31. The zero-order valence-electron chi connectivity index (χ0n) is 19.2. The minimum Gasteiger partial charge on any atom is -0.369 e. The van der Waals surface area contributed by atoms with Crippen molar-refractivity contribution >= 4 is 40.4 Å². The van der Waals surface area contributed by atoms with Crippen LogP contribution in [0.4, 0.5) is 28.8 Å². The highest BCUT2D eigenvalue weighted by atomic mass is 35.5. The van der Waals surface area contributed by atoms with Gasteiger partial charge in [-0.15, -0.1) is 0 Å². The molecule has 1 fully saturated rings. The van der Waals surface area contributed by atoms with E-state index in [1.807, 2.05) is 12.1 Å². The van der Waals surface area contributed by atoms with E-state index in [-0.39, 0.29) is 5.41 Å². The molecule has 0 aliphatic carbocycles. The molecule has 1 aliphatic heterocycles. The molecule has 1 aliphatic rings. The molecule has 1 saturated heterocycles. The topological polar surface area (TPSA) is 56.3 Å². The van der Waals surface area contributed by atoms with E-state index in [1.54, 1.807) is 6.20 Å². The highest BCUT2D eigenvalue weighted by Gasteiger charge is 2.15. The third kappa shape index (κ3) is 5.50. The monoisotopic (exact) mass is 450 g/mol. The fourth-order valence-corrected chi connectivity index (χ4v) is 3.80. The summed E-state index contributed by atoms with van der Waals surface area (Å²) in [7, 11) is 2.17. The number of anilines is 5. The smallest absolute Gasteiger partial charge is 0.229 e. The average Bonchev–Trinajstić information content (AvgIpc) is 2.77. The molecular formula is C25H31ClN6. The molecule has 0 spiro atoms. The first-order valence-corrected chi connectivity index (χ1v) is 11.4. The van der Waals surface area contributed by atoms with Gasteiger partial charge in [-0.1, -0.05) is 44.5 Å². The second kappa shape index (κ2) is 9.35. The van der Waals surface area contributed by atoms with E-state index < -0.39 is 0 Å². The predicted octanol–water partition coefficient (Wildman–Crippen LogP) is 5.67. The molecular weight excluding hydrogens is 420 g/mol. The summed E-state index contributed by atoms with van der Waals surface area (Å²) >= 11 is 6.37. The second-order valence-corrected chi connectivity index (χ2v) is 9.72. The normalized spacial score (nSPS) is 15.0. The highest BCUT2D eigenvalue weighted by Crippen LogP contribution is 2.29. The van der Waals surface area contributed by atoms with Crippen LogP contribution in [0.5, 0.6) is 0 Å². The fraction of sp³-hybridized carbons (Fsp3) is 0.360. The van der Waals surface area contributed by atoms with Crippen LogP contribution in [0, 0.1) is 0 Å². The lowest BCUT2D eigenvalue weighted by Gasteiger charge is -2.34. The molecule has 0 unspecified atom stereocenters. The maximum absolute atomic E-state index is 6.37. The molecule has 0 saturated carbocycles. The Hall–Kier alpha value is -2.83. The van der Waals surface area contributed by atoms with Gasteiger partial charge in [-0.05, 0) is 54.4 Å². The molecule has 1 aromatic heterocycles. The summed E-state index contributed by atoms with van der Waals surface area (Å²) in [5.74, 6) is 1.07. The first-order chi connectivity index (χ1) is 15.3. The van der Waals surface area contributed by atoms with Gasteiger partial charge < -0.3 is 20.4 Å². The minimum atomic E-state index is 0.0656. The molecule has 0 bridgehead atoms. The summed E-state index contributed by atoms with van der Waals surface area (Å²) < 4.78 is 0. The zero-order valence-corrected chi connectivity index (χ0v) is 19.9. The van der Waals surface area contributed by atoms with Crippen LogP contribution in [0.15, 0.2) is 54.7 Å². The number of nitrogens with zero attached hydrogens (tertiary/aromatic N) is 4. The van der Waals surface area contributed by atoms with Crippen molar-refractivity contribution in [2.24, 2.45) is 0 Å². The van der Waals surface area contributed by atoms with E-state index in [9.17, 15) is 0 Å². The molecule has 0 amide bonds. The van der Waals surface area contributed by atoms with Gasteiger partial charge in [0.15, 0.2) is 5.82 Å². The average molecular weight is 451 g/mol. The van der Waals surface area contributed by atoms with Gasteiger partial charge in [0.1, 0.15) is 5.02 Å². The van der Waals surface area contributed by atoms with E-state index in [2.05, 4.69) is 94.6 Å². The van der Waals surface area contributed by atoms with Crippen LogP contribution in [0.3, 0.4) is 0 Å². The molecule has 7 heteroatoms. The summed E-state index contributed by atoms with van der Waals surface area (Å²) in [5, 5.41) is 7.09. The van der Waals surface area contributed by atoms with E-state index in [0.29, 0.717) is 16.8 Å². The van der Waals surface area contributed by atoms with Gasteiger partial charge >= 0.3 is 0 Å². The molecule has 0 atom stereocenters. The Bertz CT molecular complexity index is 1050. The molecule has 32 heavy (non-hydrogen) atoms. The van der Waals surface area contributed by atoms with Crippen LogP contribution in [-0.2, 0) is 5.41 Å². The number of hydrogen-bond acceptors (Lipinski definition) is 6. The van der Waals surface area contributed by atoms with Crippen molar-refractivity contribution in [1.82, 2.24) is 14.9 Å². The Morgan fingerprint density at radius 2 is 1.62 bits per heavy atom. The Morgan fingerprint density at radius 1 is 0.906 bits per heavy atom. The van der Waals surface area contributed by atoms with Gasteiger partial charge in [-0.3, -0.25) is 0 Å². The van der Waals surface area contributed by atoms with Gasteiger partial charge in [-0.25, -0.2) is 4.98 Å². The highest BCUT2D eigenvalue weighted by molar-refractivity contribution is 6.32. The minimum absolute atomic E-state index is 0.0656. The van der Waals surface area contributed by atoms with Crippen molar-refractivity contribution in [3.8, 4) is 0 Å². The van der Waals surface area contributed by atoms with Crippen molar-refractivity contribution in [3.63, 3.8) is 0 Å². The van der Waals surface area contributed by atoms with Gasteiger partial charge in [-0.2, -0.15) is 4.98 Å². The summed E-state index contributed by atoms with van der Waals surface area (Å²) in [4.78, 5) is 13.7. The molecule has 6 nitrogen and oxygen atoms in total. The van der Waals surface area contributed by atoms with Crippen LogP contribution in [0.2, 0.25) is 5.02 Å². The number of halogens is 1. The Balaban J connectivity index is 1.46. The summed E-state index contributed by atoms with van der Waals surface area (Å²) in [6, 6.07) is 16.7. The predicted molar refractivity (Wildman–Crippen MR) is 135 cm³/mol. The Morgan fingerprint density at radius 3 is 2.31 bits per heavy atom. The van der Waals surface area contributed by atoms with E-state index >= 15 is 0 Å². The summed E-state index contributed by atoms with van der Waals surface area (Å²) in [6.45, 7) is 10.9. The largest absolute Gasteiger partial charge is 0.369 e. The molecule has 3 aromatic rings.